The van der Waals surface area contributed by atoms with Gasteiger partial charge in [0.25, 0.3) is 0 Å². The third-order valence-electron chi connectivity index (χ3n) is 2.17. The highest BCUT2D eigenvalue weighted by molar-refractivity contribution is 5.81. The third-order valence-corrected chi connectivity index (χ3v) is 2.17. The molecule has 0 aliphatic rings. The van der Waals surface area contributed by atoms with Crippen LogP contribution in [0.15, 0.2) is 0 Å². The normalized spacial score (nSPS) is 10.1. The Kier molecular flexibility index (Phi) is 3.18. The highest BCUT2D eigenvalue weighted by Gasteiger charge is 2.11. The SMILES string of the molecule is Cc1nn(C)c(NCC(=O)N(C)C)c1N. The molecule has 1 amide bonds. The van der Waals surface area contributed by atoms with E-state index in [0.29, 0.717) is 11.5 Å². The van der Waals surface area contributed by atoms with E-state index in [0.717, 1.165) is 5.69 Å². The summed E-state index contributed by atoms with van der Waals surface area (Å²) >= 11 is 0. The molecule has 0 spiro atoms. The van der Waals surface area contributed by atoms with E-state index in [9.17, 15) is 4.79 Å². The highest BCUT2D eigenvalue weighted by Crippen LogP contribution is 2.20. The third kappa shape index (κ3) is 2.39. The zero-order chi connectivity index (χ0) is 11.6. The second-order valence-electron chi connectivity index (χ2n) is 3.61. The molecule has 0 aliphatic carbocycles. The number of hydrogen-bond acceptors (Lipinski definition) is 4. The zero-order valence-electron chi connectivity index (χ0n) is 9.53. The Hall–Kier alpha value is -1.72. The van der Waals surface area contributed by atoms with Crippen molar-refractivity contribution in [2.24, 2.45) is 7.05 Å². The monoisotopic (exact) mass is 211 g/mol. The molecule has 0 saturated carbocycles. The minimum absolute atomic E-state index is 0.00625. The molecular weight excluding hydrogens is 194 g/mol. The number of hydrogen-bond donors (Lipinski definition) is 2. The van der Waals surface area contributed by atoms with Crippen LogP contribution in [0.3, 0.4) is 0 Å². The number of nitrogens with one attached hydrogen (secondary N) is 1. The molecule has 0 saturated heterocycles. The van der Waals surface area contributed by atoms with Crippen molar-refractivity contribution < 1.29 is 4.79 Å². The first kappa shape index (κ1) is 11.4. The molecule has 1 aromatic heterocycles. The predicted molar refractivity (Wildman–Crippen MR) is 59.5 cm³/mol. The number of carbonyl (C=O) groups excluding carboxylic acids is 1. The van der Waals surface area contributed by atoms with Gasteiger partial charge in [0.2, 0.25) is 5.91 Å². The highest BCUT2D eigenvalue weighted by atomic mass is 16.2. The van der Waals surface area contributed by atoms with Gasteiger partial charge in [0.15, 0.2) is 0 Å². The van der Waals surface area contributed by atoms with Crippen LogP contribution >= 0.6 is 0 Å². The Morgan fingerprint density at radius 1 is 1.60 bits per heavy atom. The van der Waals surface area contributed by atoms with Crippen LogP contribution in [-0.4, -0.2) is 41.2 Å². The van der Waals surface area contributed by atoms with Crippen LogP contribution in [0, 0.1) is 6.92 Å². The molecule has 0 bridgehead atoms. The Morgan fingerprint density at radius 2 is 2.20 bits per heavy atom. The van der Waals surface area contributed by atoms with Gasteiger partial charge in [-0.3, -0.25) is 9.48 Å². The standard InChI is InChI=1S/C9H17N5O/c1-6-8(10)9(14(4)12-6)11-5-7(15)13(2)3/h11H,5,10H2,1-4H3. The van der Waals surface area contributed by atoms with Crippen molar-refractivity contribution in [3.8, 4) is 0 Å². The van der Waals surface area contributed by atoms with E-state index in [1.54, 1.807) is 25.8 Å². The average Bonchev–Trinajstić information content (AvgIpc) is 2.38. The van der Waals surface area contributed by atoms with Gasteiger partial charge in [-0.1, -0.05) is 0 Å². The van der Waals surface area contributed by atoms with Gasteiger partial charge in [-0.15, -0.1) is 0 Å². The molecule has 0 aromatic carbocycles. The van der Waals surface area contributed by atoms with Gasteiger partial charge in [0, 0.05) is 21.1 Å². The van der Waals surface area contributed by atoms with Crippen LogP contribution < -0.4 is 11.1 Å². The summed E-state index contributed by atoms with van der Waals surface area (Å²) in [5, 5.41) is 7.11. The van der Waals surface area contributed by atoms with Gasteiger partial charge in [-0.25, -0.2) is 0 Å². The Bertz CT molecular complexity index is 369. The van der Waals surface area contributed by atoms with Crippen molar-refractivity contribution in [3.05, 3.63) is 5.69 Å². The number of nitrogens with zero attached hydrogens (tertiary/aromatic N) is 3. The summed E-state index contributed by atoms with van der Waals surface area (Å²) in [5.74, 6) is 0.677. The lowest BCUT2D eigenvalue weighted by Crippen LogP contribution is -2.29. The fourth-order valence-electron chi connectivity index (χ4n) is 1.20. The minimum Gasteiger partial charge on any atom is -0.394 e. The maximum absolute atomic E-state index is 11.3. The van der Waals surface area contributed by atoms with Gasteiger partial charge in [0.05, 0.1) is 17.9 Å². The quantitative estimate of drug-likeness (QED) is 0.726. The molecule has 0 unspecified atom stereocenters. The summed E-state index contributed by atoms with van der Waals surface area (Å²) < 4.78 is 1.63. The van der Waals surface area contributed by atoms with Crippen LogP contribution in [0.2, 0.25) is 0 Å². The van der Waals surface area contributed by atoms with E-state index in [4.69, 9.17) is 5.73 Å². The van der Waals surface area contributed by atoms with Crippen molar-refractivity contribution in [3.63, 3.8) is 0 Å². The van der Waals surface area contributed by atoms with E-state index in [1.165, 1.54) is 4.90 Å². The first-order chi connectivity index (χ1) is 6.93. The molecule has 1 heterocycles. The number of carbonyl (C=O) groups is 1. The maximum atomic E-state index is 11.3. The van der Waals surface area contributed by atoms with Gasteiger partial charge in [-0.2, -0.15) is 5.10 Å². The van der Waals surface area contributed by atoms with Crippen LogP contribution in [0.1, 0.15) is 5.69 Å². The lowest BCUT2D eigenvalue weighted by Gasteiger charge is -2.12. The largest absolute Gasteiger partial charge is 0.394 e. The predicted octanol–water partition coefficient (Wildman–Crippen LogP) is -0.189. The number of likely N-dealkylation sites (N-methyl/N-ethyl adjacent to an activating group) is 1. The van der Waals surface area contributed by atoms with Crippen LogP contribution in [0.25, 0.3) is 0 Å². The number of aromatic nitrogens is 2. The maximum Gasteiger partial charge on any atom is 0.241 e. The van der Waals surface area contributed by atoms with Crippen LogP contribution in [-0.2, 0) is 11.8 Å². The summed E-state index contributed by atoms with van der Waals surface area (Å²) in [6.07, 6.45) is 0. The van der Waals surface area contributed by atoms with Crippen LogP contribution in [0.4, 0.5) is 11.5 Å². The van der Waals surface area contributed by atoms with Gasteiger partial charge < -0.3 is 16.0 Å². The molecule has 0 atom stereocenters. The molecule has 0 radical (unpaired) electrons. The number of rotatable bonds is 3. The van der Waals surface area contributed by atoms with E-state index in [-0.39, 0.29) is 12.5 Å². The molecular formula is C9H17N5O. The van der Waals surface area contributed by atoms with E-state index < -0.39 is 0 Å². The first-order valence-electron chi connectivity index (χ1n) is 4.66. The van der Waals surface area contributed by atoms with Crippen molar-refractivity contribution in [1.82, 2.24) is 14.7 Å². The summed E-state index contributed by atoms with van der Waals surface area (Å²) in [6.45, 7) is 2.05. The molecule has 1 aromatic rings. The van der Waals surface area contributed by atoms with E-state index in [2.05, 4.69) is 10.4 Å². The van der Waals surface area contributed by atoms with E-state index >= 15 is 0 Å². The summed E-state index contributed by atoms with van der Waals surface area (Å²) in [5.41, 5.74) is 7.14. The number of nitrogens with two attached hydrogens (primary N) is 1. The Labute approximate surface area is 89.0 Å². The fraction of sp³-hybridized carbons (Fsp3) is 0.556. The lowest BCUT2D eigenvalue weighted by atomic mass is 10.4. The molecule has 6 heteroatoms. The minimum atomic E-state index is -0.00625. The molecule has 0 aliphatic heterocycles. The second-order valence-corrected chi connectivity index (χ2v) is 3.61. The molecule has 3 N–H and O–H groups in total. The van der Waals surface area contributed by atoms with Crippen molar-refractivity contribution in [2.45, 2.75) is 6.92 Å². The van der Waals surface area contributed by atoms with Crippen molar-refractivity contribution in [1.29, 1.82) is 0 Å². The Morgan fingerprint density at radius 3 is 2.60 bits per heavy atom. The van der Waals surface area contributed by atoms with Crippen molar-refractivity contribution >= 4 is 17.4 Å². The van der Waals surface area contributed by atoms with E-state index in [1.807, 2.05) is 6.92 Å². The average molecular weight is 211 g/mol. The topological polar surface area (TPSA) is 76.2 Å². The molecule has 1 rings (SSSR count). The molecule has 6 nitrogen and oxygen atoms in total. The molecule has 84 valence electrons. The zero-order valence-corrected chi connectivity index (χ0v) is 9.53. The summed E-state index contributed by atoms with van der Waals surface area (Å²) in [4.78, 5) is 12.9. The smallest absolute Gasteiger partial charge is 0.241 e. The summed E-state index contributed by atoms with van der Waals surface area (Å²) in [6, 6.07) is 0. The number of anilines is 2. The first-order valence-corrected chi connectivity index (χ1v) is 4.66. The number of nitrogen functional groups attached to an aromatic ring is 1. The van der Waals surface area contributed by atoms with Crippen LogP contribution in [0.5, 0.6) is 0 Å². The number of amides is 1. The van der Waals surface area contributed by atoms with Crippen molar-refractivity contribution in [2.75, 3.05) is 31.7 Å². The second kappa shape index (κ2) is 4.20. The fourth-order valence-corrected chi connectivity index (χ4v) is 1.20. The van der Waals surface area contributed by atoms with Gasteiger partial charge in [-0.05, 0) is 6.92 Å². The Balaban J connectivity index is 2.69. The van der Waals surface area contributed by atoms with Gasteiger partial charge >= 0.3 is 0 Å². The number of aryl methyl sites for hydroxylation is 2. The molecule has 0 fully saturated rings. The summed E-state index contributed by atoms with van der Waals surface area (Å²) in [7, 11) is 5.20. The molecule has 15 heavy (non-hydrogen) atoms. The van der Waals surface area contributed by atoms with Gasteiger partial charge in [0.1, 0.15) is 5.82 Å². The lowest BCUT2D eigenvalue weighted by molar-refractivity contribution is -0.126.